The lowest BCUT2D eigenvalue weighted by molar-refractivity contribution is -0.119. The summed E-state index contributed by atoms with van der Waals surface area (Å²) >= 11 is 0. The molecule has 1 amide bonds. The van der Waals surface area contributed by atoms with Crippen molar-refractivity contribution in [1.82, 2.24) is 9.97 Å². The fraction of sp³-hybridized carbons (Fsp3) is 0.105. The Balaban J connectivity index is 0.00000243. The van der Waals surface area contributed by atoms with E-state index in [0.29, 0.717) is 17.1 Å². The highest BCUT2D eigenvalue weighted by atomic mass is 35.5. The van der Waals surface area contributed by atoms with E-state index in [1.165, 1.54) is 0 Å². The van der Waals surface area contributed by atoms with Crippen LogP contribution < -0.4 is 10.5 Å². The number of hydrogen-bond acceptors (Lipinski definition) is 4. The fourth-order valence-corrected chi connectivity index (χ4v) is 2.39. The van der Waals surface area contributed by atoms with Gasteiger partial charge in [0.15, 0.2) is 6.61 Å². The minimum Gasteiger partial charge on any atom is -0.484 e. The summed E-state index contributed by atoms with van der Waals surface area (Å²) in [7, 11) is 0. The van der Waals surface area contributed by atoms with E-state index in [9.17, 15) is 10.1 Å². The van der Waals surface area contributed by atoms with Crippen LogP contribution in [0.15, 0.2) is 42.5 Å². The minimum atomic E-state index is -0.532. The maximum absolute atomic E-state index is 10.7. The summed E-state index contributed by atoms with van der Waals surface area (Å²) in [6, 6.07) is 15.1. The molecule has 1 heterocycles. The van der Waals surface area contributed by atoms with Gasteiger partial charge in [-0.2, -0.15) is 5.26 Å². The van der Waals surface area contributed by atoms with Crippen LogP contribution in [-0.2, 0) is 4.79 Å². The van der Waals surface area contributed by atoms with Gasteiger partial charge in [0.25, 0.3) is 5.91 Å². The van der Waals surface area contributed by atoms with Crippen molar-refractivity contribution in [3.63, 3.8) is 0 Å². The summed E-state index contributed by atoms with van der Waals surface area (Å²) in [5.74, 6) is 0.529. The number of halogens is 1. The lowest BCUT2D eigenvalue weighted by Gasteiger charge is -2.03. The average molecular weight is 369 g/mol. The summed E-state index contributed by atoms with van der Waals surface area (Å²) in [4.78, 5) is 18.4. The van der Waals surface area contributed by atoms with E-state index in [2.05, 4.69) is 16.0 Å². The molecule has 26 heavy (non-hydrogen) atoms. The number of nitriles is 1. The van der Waals surface area contributed by atoms with Gasteiger partial charge in [-0.3, -0.25) is 4.79 Å². The first-order valence-electron chi connectivity index (χ1n) is 7.65. The first-order valence-corrected chi connectivity index (χ1v) is 7.65. The molecule has 7 heteroatoms. The first kappa shape index (κ1) is 19.0. The second-order valence-corrected chi connectivity index (χ2v) is 5.60. The summed E-state index contributed by atoms with van der Waals surface area (Å²) in [6.45, 7) is 1.83. The van der Waals surface area contributed by atoms with Crippen LogP contribution in [0.4, 0.5) is 0 Å². The van der Waals surface area contributed by atoms with Gasteiger partial charge in [0.2, 0.25) is 0 Å². The number of rotatable bonds is 5. The van der Waals surface area contributed by atoms with Gasteiger partial charge in [0, 0.05) is 0 Å². The number of amides is 1. The third-order valence-electron chi connectivity index (χ3n) is 3.59. The molecule has 3 N–H and O–H groups in total. The number of carbonyl (C=O) groups is 1. The monoisotopic (exact) mass is 368 g/mol. The molecule has 0 bridgehead atoms. The maximum atomic E-state index is 10.7. The van der Waals surface area contributed by atoms with Crippen molar-refractivity contribution in [2.24, 2.45) is 5.73 Å². The number of imidazole rings is 1. The van der Waals surface area contributed by atoms with Crippen LogP contribution in [0.2, 0.25) is 0 Å². The highest BCUT2D eigenvalue weighted by Gasteiger charge is 2.08. The number of benzene rings is 2. The first-order chi connectivity index (χ1) is 12.0. The van der Waals surface area contributed by atoms with Crippen LogP contribution in [0.3, 0.4) is 0 Å². The molecule has 3 rings (SSSR count). The number of nitrogens with two attached hydrogens (primary N) is 1. The van der Waals surface area contributed by atoms with Gasteiger partial charge >= 0.3 is 0 Å². The van der Waals surface area contributed by atoms with Crippen LogP contribution in [-0.4, -0.2) is 22.5 Å². The molecule has 0 radical (unpaired) electrons. The van der Waals surface area contributed by atoms with Gasteiger partial charge in [0.05, 0.1) is 16.6 Å². The molecule has 0 aliphatic rings. The topological polar surface area (TPSA) is 105 Å². The van der Waals surface area contributed by atoms with Crippen LogP contribution >= 0.6 is 12.4 Å². The van der Waals surface area contributed by atoms with Crippen molar-refractivity contribution in [3.05, 3.63) is 59.4 Å². The Morgan fingerprint density at radius 2 is 2.04 bits per heavy atom. The Kier molecular flexibility index (Phi) is 5.99. The molecular formula is C19H17ClN4O2. The van der Waals surface area contributed by atoms with E-state index in [0.717, 1.165) is 22.2 Å². The zero-order chi connectivity index (χ0) is 17.8. The van der Waals surface area contributed by atoms with Gasteiger partial charge in [0.1, 0.15) is 17.6 Å². The SMILES string of the molecule is Cc1ccc2nc(/C(C#N)=C\c3ccc(OCC(N)=O)cc3)[nH]c2c1.Cl. The van der Waals surface area contributed by atoms with E-state index >= 15 is 0 Å². The van der Waals surface area contributed by atoms with Gasteiger partial charge in [-0.15, -0.1) is 12.4 Å². The summed E-state index contributed by atoms with van der Waals surface area (Å²) in [5, 5.41) is 9.47. The number of aromatic amines is 1. The molecule has 0 saturated carbocycles. The molecule has 132 valence electrons. The number of ether oxygens (including phenoxy) is 1. The zero-order valence-electron chi connectivity index (χ0n) is 14.0. The van der Waals surface area contributed by atoms with E-state index in [4.69, 9.17) is 10.5 Å². The molecule has 0 atom stereocenters. The van der Waals surface area contributed by atoms with Crippen LogP contribution in [0.1, 0.15) is 17.0 Å². The minimum absolute atomic E-state index is 0. The quantitative estimate of drug-likeness (QED) is 0.674. The summed E-state index contributed by atoms with van der Waals surface area (Å²) in [5.41, 5.74) is 9.12. The lowest BCUT2D eigenvalue weighted by atomic mass is 10.1. The number of allylic oxidation sites excluding steroid dienone is 1. The number of nitrogens with one attached hydrogen (secondary N) is 1. The number of aromatic nitrogens is 2. The number of nitrogens with zero attached hydrogens (tertiary/aromatic N) is 2. The van der Waals surface area contributed by atoms with E-state index in [-0.39, 0.29) is 19.0 Å². The molecule has 6 nitrogen and oxygen atoms in total. The van der Waals surface area contributed by atoms with Crippen molar-refractivity contribution in [1.29, 1.82) is 5.26 Å². The Morgan fingerprint density at radius 3 is 2.69 bits per heavy atom. The Bertz CT molecular complexity index is 1000. The average Bonchev–Trinajstić information content (AvgIpc) is 3.01. The maximum Gasteiger partial charge on any atom is 0.255 e. The normalized spacial score (nSPS) is 10.8. The number of carbonyl (C=O) groups excluding carboxylic acids is 1. The number of fused-ring (bicyclic) bond motifs is 1. The fourth-order valence-electron chi connectivity index (χ4n) is 2.39. The molecule has 3 aromatic rings. The zero-order valence-corrected chi connectivity index (χ0v) is 14.8. The molecule has 0 aliphatic heterocycles. The second-order valence-electron chi connectivity index (χ2n) is 5.60. The Labute approximate surface area is 156 Å². The smallest absolute Gasteiger partial charge is 0.255 e. The third kappa shape index (κ3) is 4.41. The highest BCUT2D eigenvalue weighted by molar-refractivity contribution is 5.90. The largest absolute Gasteiger partial charge is 0.484 e. The van der Waals surface area contributed by atoms with Crippen molar-refractivity contribution < 1.29 is 9.53 Å². The van der Waals surface area contributed by atoms with E-state index in [1.807, 2.05) is 25.1 Å². The molecule has 0 aliphatic carbocycles. The van der Waals surface area contributed by atoms with Gasteiger partial charge in [-0.05, 0) is 48.4 Å². The summed E-state index contributed by atoms with van der Waals surface area (Å²) < 4.78 is 5.21. The number of aryl methyl sites for hydroxylation is 1. The van der Waals surface area contributed by atoms with Crippen molar-refractivity contribution in [3.8, 4) is 11.8 Å². The number of H-pyrrole nitrogens is 1. The molecule has 0 saturated heterocycles. The van der Waals surface area contributed by atoms with Gasteiger partial charge in [-0.1, -0.05) is 18.2 Å². The lowest BCUT2D eigenvalue weighted by Crippen LogP contribution is -2.19. The van der Waals surface area contributed by atoms with Crippen molar-refractivity contribution >= 4 is 41.0 Å². The summed E-state index contributed by atoms with van der Waals surface area (Å²) in [6.07, 6.45) is 1.74. The molecule has 0 unspecified atom stereocenters. The number of hydrogen-bond donors (Lipinski definition) is 2. The highest BCUT2D eigenvalue weighted by Crippen LogP contribution is 2.21. The molecule has 0 spiro atoms. The van der Waals surface area contributed by atoms with Crippen molar-refractivity contribution in [2.45, 2.75) is 6.92 Å². The Morgan fingerprint density at radius 1 is 1.31 bits per heavy atom. The number of primary amides is 1. The van der Waals surface area contributed by atoms with Crippen molar-refractivity contribution in [2.75, 3.05) is 6.61 Å². The van der Waals surface area contributed by atoms with Crippen LogP contribution in [0.25, 0.3) is 22.7 Å². The predicted molar refractivity (Wildman–Crippen MR) is 103 cm³/mol. The predicted octanol–water partition coefficient (Wildman–Crippen LogP) is 3.22. The van der Waals surface area contributed by atoms with Crippen LogP contribution in [0.5, 0.6) is 5.75 Å². The third-order valence-corrected chi connectivity index (χ3v) is 3.59. The molecule has 0 fully saturated rings. The molecular weight excluding hydrogens is 352 g/mol. The van der Waals surface area contributed by atoms with E-state index in [1.54, 1.807) is 30.3 Å². The standard InChI is InChI=1S/C19H16N4O2.ClH/c1-12-2-7-16-17(8-12)23-19(22-16)14(10-20)9-13-3-5-15(6-4-13)25-11-18(21)24;/h2-9H,11H2,1H3,(H2,21,24)(H,22,23);1H/b14-9-;. The Hall–Kier alpha value is -3.30. The van der Waals surface area contributed by atoms with Gasteiger partial charge < -0.3 is 15.5 Å². The second kappa shape index (κ2) is 8.19. The van der Waals surface area contributed by atoms with E-state index < -0.39 is 5.91 Å². The molecule has 1 aromatic heterocycles. The van der Waals surface area contributed by atoms with Crippen LogP contribution in [0, 0.1) is 18.3 Å². The van der Waals surface area contributed by atoms with Gasteiger partial charge in [-0.25, -0.2) is 4.98 Å². The molecule has 2 aromatic carbocycles.